The summed E-state index contributed by atoms with van der Waals surface area (Å²) >= 11 is 0. The molecule has 4 nitrogen and oxygen atoms in total. The highest BCUT2D eigenvalue weighted by Crippen LogP contribution is 1.91. The van der Waals surface area contributed by atoms with Gasteiger partial charge in [-0.1, -0.05) is 6.58 Å². The maximum atomic E-state index is 10.7. The van der Waals surface area contributed by atoms with Gasteiger partial charge in [0.25, 0.3) is 0 Å². The third-order valence-electron chi connectivity index (χ3n) is 1.05. The molecular weight excluding hydrogens is 146 g/mol. The minimum absolute atomic E-state index is 0.0534. The fraction of sp³-hybridized carbons (Fsp3) is 0.571. The van der Waals surface area contributed by atoms with E-state index >= 15 is 0 Å². The van der Waals surface area contributed by atoms with Crippen LogP contribution in [-0.2, 0) is 9.53 Å². The van der Waals surface area contributed by atoms with E-state index in [-0.39, 0.29) is 6.61 Å². The van der Waals surface area contributed by atoms with Crippen molar-refractivity contribution in [3.05, 3.63) is 12.2 Å². The highest BCUT2D eigenvalue weighted by Gasteiger charge is 2.05. The third-order valence-corrected chi connectivity index (χ3v) is 1.05. The van der Waals surface area contributed by atoms with Crippen LogP contribution in [0.1, 0.15) is 6.92 Å². The fourth-order valence-electron chi connectivity index (χ4n) is 0.361. The van der Waals surface area contributed by atoms with Crippen molar-refractivity contribution in [2.75, 3.05) is 13.7 Å². The Bertz CT molecular complexity index is 156. The van der Waals surface area contributed by atoms with Crippen LogP contribution in [-0.4, -0.2) is 31.0 Å². The Morgan fingerprint density at radius 2 is 2.36 bits per heavy atom. The highest BCUT2D eigenvalue weighted by molar-refractivity contribution is 5.86. The molecule has 0 bridgehead atoms. The number of likely N-dealkylation sites (N-methyl/N-ethyl adjacent to an activating group) is 1. The van der Waals surface area contributed by atoms with Crippen LogP contribution in [0.25, 0.3) is 0 Å². The zero-order chi connectivity index (χ0) is 8.85. The number of hydrogen-bond acceptors (Lipinski definition) is 4. The van der Waals surface area contributed by atoms with Crippen LogP contribution in [0.15, 0.2) is 12.2 Å². The first kappa shape index (κ1) is 10.1. The number of aliphatic hydroxyl groups is 1. The monoisotopic (exact) mass is 159 g/mol. The number of nitrogens with one attached hydrogen (secondary N) is 1. The van der Waals surface area contributed by atoms with Gasteiger partial charge in [-0.25, -0.2) is 4.79 Å². The molecule has 4 heteroatoms. The normalized spacial score (nSPS) is 12.3. The summed E-state index contributed by atoms with van der Waals surface area (Å²) in [5.74, 6) is -0.487. The molecule has 0 aliphatic heterocycles. The van der Waals surface area contributed by atoms with Gasteiger partial charge in [-0.05, 0) is 14.0 Å². The number of esters is 1. The molecule has 0 spiro atoms. The van der Waals surface area contributed by atoms with Crippen LogP contribution in [0, 0.1) is 0 Å². The summed E-state index contributed by atoms with van der Waals surface area (Å²) in [5.41, 5.74) is 0.327. The largest absolute Gasteiger partial charge is 0.458 e. The number of rotatable bonds is 4. The van der Waals surface area contributed by atoms with E-state index in [1.807, 2.05) is 0 Å². The first-order valence-corrected chi connectivity index (χ1v) is 3.26. The zero-order valence-corrected chi connectivity index (χ0v) is 6.76. The SMILES string of the molecule is C=C(C)C(=O)OCC(O)NC. The predicted octanol–water partition coefficient (Wildman–Crippen LogP) is -0.357. The van der Waals surface area contributed by atoms with E-state index < -0.39 is 12.2 Å². The van der Waals surface area contributed by atoms with E-state index in [4.69, 9.17) is 5.11 Å². The molecule has 0 aliphatic carbocycles. The zero-order valence-electron chi connectivity index (χ0n) is 6.76. The van der Waals surface area contributed by atoms with Gasteiger partial charge in [0.1, 0.15) is 12.8 Å². The molecule has 0 aromatic carbocycles. The quantitative estimate of drug-likeness (QED) is 0.334. The van der Waals surface area contributed by atoms with E-state index in [0.29, 0.717) is 5.57 Å². The number of aliphatic hydroxyl groups excluding tert-OH is 1. The molecule has 1 atom stereocenters. The van der Waals surface area contributed by atoms with Crippen LogP contribution >= 0.6 is 0 Å². The van der Waals surface area contributed by atoms with Crippen molar-refractivity contribution >= 4 is 5.97 Å². The summed E-state index contributed by atoms with van der Waals surface area (Å²) in [5, 5.41) is 11.4. The fourth-order valence-corrected chi connectivity index (χ4v) is 0.361. The molecule has 64 valence electrons. The van der Waals surface area contributed by atoms with Crippen molar-refractivity contribution in [3.63, 3.8) is 0 Å². The van der Waals surface area contributed by atoms with Crippen LogP contribution < -0.4 is 5.32 Å². The van der Waals surface area contributed by atoms with Gasteiger partial charge in [-0.2, -0.15) is 0 Å². The molecule has 0 aromatic rings. The Hall–Kier alpha value is -0.870. The number of carbonyl (C=O) groups is 1. The van der Waals surface area contributed by atoms with Gasteiger partial charge in [0.2, 0.25) is 0 Å². The minimum atomic E-state index is -0.807. The Balaban J connectivity index is 3.54. The third kappa shape index (κ3) is 4.52. The van der Waals surface area contributed by atoms with Crippen LogP contribution in [0.4, 0.5) is 0 Å². The van der Waals surface area contributed by atoms with Crippen LogP contribution in [0.2, 0.25) is 0 Å². The van der Waals surface area contributed by atoms with Gasteiger partial charge in [0.05, 0.1) is 0 Å². The molecule has 11 heavy (non-hydrogen) atoms. The summed E-state index contributed by atoms with van der Waals surface area (Å²) < 4.78 is 4.61. The van der Waals surface area contributed by atoms with Crippen LogP contribution in [0.3, 0.4) is 0 Å². The lowest BCUT2D eigenvalue weighted by molar-refractivity contribution is -0.142. The Labute approximate surface area is 65.9 Å². The lowest BCUT2D eigenvalue weighted by atomic mass is 10.4. The van der Waals surface area contributed by atoms with Crippen molar-refractivity contribution in [1.29, 1.82) is 0 Å². The molecule has 1 unspecified atom stereocenters. The topological polar surface area (TPSA) is 58.6 Å². The summed E-state index contributed by atoms with van der Waals surface area (Å²) in [6.07, 6.45) is -0.807. The van der Waals surface area contributed by atoms with Gasteiger partial charge in [0, 0.05) is 5.57 Å². The van der Waals surface area contributed by atoms with Crippen molar-refractivity contribution in [3.8, 4) is 0 Å². The lowest BCUT2D eigenvalue weighted by Crippen LogP contribution is -2.30. The van der Waals surface area contributed by atoms with Gasteiger partial charge in [-0.15, -0.1) is 0 Å². The molecule has 0 saturated carbocycles. The molecule has 0 amide bonds. The van der Waals surface area contributed by atoms with E-state index in [0.717, 1.165) is 0 Å². The minimum Gasteiger partial charge on any atom is -0.458 e. The van der Waals surface area contributed by atoms with Gasteiger partial charge in [0.15, 0.2) is 0 Å². The second-order valence-electron chi connectivity index (χ2n) is 2.18. The first-order chi connectivity index (χ1) is 5.07. The van der Waals surface area contributed by atoms with E-state index in [9.17, 15) is 4.79 Å². The summed E-state index contributed by atoms with van der Waals surface area (Å²) in [4.78, 5) is 10.7. The predicted molar refractivity (Wildman–Crippen MR) is 40.8 cm³/mol. The molecule has 0 fully saturated rings. The average molecular weight is 159 g/mol. The van der Waals surface area contributed by atoms with Crippen molar-refractivity contribution < 1.29 is 14.6 Å². The van der Waals surface area contributed by atoms with E-state index in [1.54, 1.807) is 14.0 Å². The van der Waals surface area contributed by atoms with Gasteiger partial charge in [-0.3, -0.25) is 5.32 Å². The lowest BCUT2D eigenvalue weighted by Gasteiger charge is -2.09. The maximum absolute atomic E-state index is 10.7. The average Bonchev–Trinajstić information content (AvgIpc) is 1.99. The Morgan fingerprint density at radius 1 is 1.82 bits per heavy atom. The number of ether oxygens (including phenoxy) is 1. The van der Waals surface area contributed by atoms with Crippen molar-refractivity contribution in [1.82, 2.24) is 5.32 Å². The number of carbonyl (C=O) groups excluding carboxylic acids is 1. The smallest absolute Gasteiger partial charge is 0.333 e. The first-order valence-electron chi connectivity index (χ1n) is 3.26. The molecule has 0 rings (SSSR count). The second-order valence-corrected chi connectivity index (χ2v) is 2.18. The highest BCUT2D eigenvalue weighted by atomic mass is 16.5. The Kier molecular flexibility index (Phi) is 4.49. The molecule has 0 aliphatic rings. The number of hydrogen-bond donors (Lipinski definition) is 2. The van der Waals surface area contributed by atoms with Crippen molar-refractivity contribution in [2.24, 2.45) is 0 Å². The maximum Gasteiger partial charge on any atom is 0.333 e. The van der Waals surface area contributed by atoms with Gasteiger partial charge < -0.3 is 9.84 Å². The van der Waals surface area contributed by atoms with E-state index in [2.05, 4.69) is 16.6 Å². The summed E-state index contributed by atoms with van der Waals surface area (Å²) in [7, 11) is 1.57. The van der Waals surface area contributed by atoms with E-state index in [1.165, 1.54) is 0 Å². The molecule has 0 aromatic heterocycles. The molecule has 2 N–H and O–H groups in total. The standard InChI is InChI=1S/C7H13NO3/c1-5(2)7(10)11-4-6(9)8-3/h6,8-9H,1,4H2,2-3H3. The molecule has 0 radical (unpaired) electrons. The second kappa shape index (κ2) is 4.87. The summed E-state index contributed by atoms with van der Waals surface area (Å²) in [6.45, 7) is 4.88. The molecule has 0 heterocycles. The molecule has 0 saturated heterocycles. The Morgan fingerprint density at radius 3 is 2.73 bits per heavy atom. The van der Waals surface area contributed by atoms with Crippen molar-refractivity contribution in [2.45, 2.75) is 13.2 Å². The summed E-state index contributed by atoms with van der Waals surface area (Å²) in [6, 6.07) is 0. The van der Waals surface area contributed by atoms with Gasteiger partial charge >= 0.3 is 5.97 Å². The van der Waals surface area contributed by atoms with Crippen LogP contribution in [0.5, 0.6) is 0 Å². The molecular formula is C7H13NO3.